The third-order valence-corrected chi connectivity index (χ3v) is 5.43. The molecule has 0 spiro atoms. The summed E-state index contributed by atoms with van der Waals surface area (Å²) in [7, 11) is 2.04. The topological polar surface area (TPSA) is 29.9 Å². The van der Waals surface area contributed by atoms with Gasteiger partial charge in [-0.2, -0.15) is 5.10 Å². The van der Waals surface area contributed by atoms with Crippen LogP contribution < -0.4 is 5.32 Å². The molecular formula is C17H23N3S. The highest BCUT2D eigenvalue weighted by molar-refractivity contribution is 7.99. The highest BCUT2D eigenvalue weighted by Crippen LogP contribution is 2.41. The molecule has 3 nitrogen and oxygen atoms in total. The quantitative estimate of drug-likeness (QED) is 0.920. The van der Waals surface area contributed by atoms with Gasteiger partial charge in [-0.3, -0.25) is 4.68 Å². The number of likely N-dealkylation sites (N-methyl/N-ethyl adjacent to an activating group) is 1. The minimum atomic E-state index is 0.473. The lowest BCUT2D eigenvalue weighted by atomic mass is 9.90. The van der Waals surface area contributed by atoms with Crippen LogP contribution in [-0.2, 0) is 13.5 Å². The van der Waals surface area contributed by atoms with E-state index in [1.54, 1.807) is 0 Å². The zero-order valence-electron chi connectivity index (χ0n) is 13.0. The molecule has 2 heterocycles. The molecule has 112 valence electrons. The van der Waals surface area contributed by atoms with Crippen molar-refractivity contribution >= 4 is 11.8 Å². The summed E-state index contributed by atoms with van der Waals surface area (Å²) in [6.45, 7) is 5.26. The molecule has 2 atom stereocenters. The first-order valence-electron chi connectivity index (χ1n) is 7.63. The van der Waals surface area contributed by atoms with Gasteiger partial charge >= 0.3 is 0 Å². The van der Waals surface area contributed by atoms with Crippen LogP contribution in [0, 0.1) is 6.92 Å². The van der Waals surface area contributed by atoms with Crippen LogP contribution in [0.15, 0.2) is 35.2 Å². The van der Waals surface area contributed by atoms with Crippen LogP contribution in [-0.4, -0.2) is 28.1 Å². The van der Waals surface area contributed by atoms with Gasteiger partial charge in [0.15, 0.2) is 0 Å². The Morgan fingerprint density at radius 3 is 2.95 bits per heavy atom. The van der Waals surface area contributed by atoms with Crippen LogP contribution >= 0.6 is 11.8 Å². The first kappa shape index (κ1) is 14.7. The molecule has 4 heteroatoms. The third kappa shape index (κ3) is 3.01. The molecule has 0 saturated heterocycles. The lowest BCUT2D eigenvalue weighted by Crippen LogP contribution is -2.37. The SMILES string of the molecule is CCNC(Cc1cc(C)nn1C)C1CSc2ccccc21. The number of benzene rings is 1. The van der Waals surface area contributed by atoms with Crippen LogP contribution in [0.1, 0.15) is 29.8 Å². The van der Waals surface area contributed by atoms with E-state index in [4.69, 9.17) is 0 Å². The lowest BCUT2D eigenvalue weighted by Gasteiger charge is -2.25. The summed E-state index contributed by atoms with van der Waals surface area (Å²) in [6, 6.07) is 11.5. The first-order valence-corrected chi connectivity index (χ1v) is 8.62. The second-order valence-corrected chi connectivity index (χ2v) is 6.79. The predicted molar refractivity (Wildman–Crippen MR) is 89.0 cm³/mol. The predicted octanol–water partition coefficient (Wildman–Crippen LogP) is 3.14. The van der Waals surface area contributed by atoms with Gasteiger partial charge in [0, 0.05) is 41.8 Å². The van der Waals surface area contributed by atoms with E-state index < -0.39 is 0 Å². The zero-order valence-corrected chi connectivity index (χ0v) is 13.8. The van der Waals surface area contributed by atoms with E-state index in [0.717, 1.165) is 18.7 Å². The number of nitrogens with zero attached hydrogens (tertiary/aromatic N) is 2. The Balaban J connectivity index is 1.84. The highest BCUT2D eigenvalue weighted by Gasteiger charge is 2.30. The van der Waals surface area contributed by atoms with E-state index in [9.17, 15) is 0 Å². The number of aromatic nitrogens is 2. The van der Waals surface area contributed by atoms with Crippen LogP contribution in [0.3, 0.4) is 0 Å². The van der Waals surface area contributed by atoms with E-state index in [-0.39, 0.29) is 0 Å². The number of fused-ring (bicyclic) bond motifs is 1. The molecule has 0 bridgehead atoms. The summed E-state index contributed by atoms with van der Waals surface area (Å²) in [6.07, 6.45) is 1.03. The van der Waals surface area contributed by atoms with Gasteiger partial charge in [0.25, 0.3) is 0 Å². The molecule has 0 amide bonds. The summed E-state index contributed by atoms with van der Waals surface area (Å²) in [5, 5.41) is 8.17. The van der Waals surface area contributed by atoms with E-state index in [0.29, 0.717) is 12.0 Å². The number of hydrogen-bond acceptors (Lipinski definition) is 3. The Kier molecular flexibility index (Phi) is 4.36. The Labute approximate surface area is 131 Å². The van der Waals surface area contributed by atoms with E-state index in [1.165, 1.54) is 21.9 Å². The number of nitrogens with one attached hydrogen (secondary N) is 1. The van der Waals surface area contributed by atoms with Gasteiger partial charge in [-0.1, -0.05) is 25.1 Å². The highest BCUT2D eigenvalue weighted by atomic mass is 32.2. The molecule has 1 aliphatic heterocycles. The minimum Gasteiger partial charge on any atom is -0.313 e. The Bertz CT molecular complexity index is 620. The van der Waals surface area contributed by atoms with E-state index in [1.807, 2.05) is 23.5 Å². The Morgan fingerprint density at radius 2 is 2.24 bits per heavy atom. The molecule has 3 rings (SSSR count). The summed E-state index contributed by atoms with van der Waals surface area (Å²) in [5.74, 6) is 1.76. The number of aryl methyl sites for hydroxylation is 2. The molecule has 1 aromatic carbocycles. The normalized spacial score (nSPS) is 18.7. The van der Waals surface area contributed by atoms with Crippen molar-refractivity contribution in [3.63, 3.8) is 0 Å². The van der Waals surface area contributed by atoms with Crippen molar-refractivity contribution in [3.05, 3.63) is 47.3 Å². The van der Waals surface area contributed by atoms with Gasteiger partial charge in [-0.05, 0) is 31.2 Å². The minimum absolute atomic E-state index is 0.473. The van der Waals surface area contributed by atoms with Gasteiger partial charge in [0.2, 0.25) is 0 Å². The molecule has 2 unspecified atom stereocenters. The van der Waals surface area contributed by atoms with Crippen molar-refractivity contribution in [3.8, 4) is 0 Å². The smallest absolute Gasteiger partial charge is 0.0596 e. The van der Waals surface area contributed by atoms with Gasteiger partial charge in [-0.15, -0.1) is 11.8 Å². The Hall–Kier alpha value is -1.26. The monoisotopic (exact) mass is 301 g/mol. The first-order chi connectivity index (χ1) is 10.2. The van der Waals surface area contributed by atoms with Crippen molar-refractivity contribution in [1.29, 1.82) is 0 Å². The average Bonchev–Trinajstić information content (AvgIpc) is 3.02. The Morgan fingerprint density at radius 1 is 1.43 bits per heavy atom. The van der Waals surface area contributed by atoms with Crippen LogP contribution in [0.2, 0.25) is 0 Å². The number of hydrogen-bond donors (Lipinski definition) is 1. The maximum absolute atomic E-state index is 4.48. The molecular weight excluding hydrogens is 278 g/mol. The number of thioether (sulfide) groups is 1. The second kappa shape index (κ2) is 6.24. The summed E-state index contributed by atoms with van der Waals surface area (Å²) in [4.78, 5) is 1.45. The molecule has 21 heavy (non-hydrogen) atoms. The fourth-order valence-corrected chi connectivity index (χ4v) is 4.55. The molecule has 1 N–H and O–H groups in total. The standard InChI is InChI=1S/C17H23N3S/c1-4-18-16(10-13-9-12(2)19-20(13)3)15-11-21-17-8-6-5-7-14(15)17/h5-9,15-16,18H,4,10-11H2,1-3H3. The summed E-state index contributed by atoms with van der Waals surface area (Å²) in [5.41, 5.74) is 3.92. The largest absolute Gasteiger partial charge is 0.313 e. The van der Waals surface area contributed by atoms with Crippen molar-refractivity contribution in [1.82, 2.24) is 15.1 Å². The second-order valence-electron chi connectivity index (χ2n) is 5.72. The molecule has 1 aromatic heterocycles. The third-order valence-electron chi connectivity index (χ3n) is 4.22. The fraction of sp³-hybridized carbons (Fsp3) is 0.471. The van der Waals surface area contributed by atoms with Gasteiger partial charge < -0.3 is 5.32 Å². The molecule has 0 fully saturated rings. The summed E-state index contributed by atoms with van der Waals surface area (Å²) < 4.78 is 2.02. The molecule has 0 radical (unpaired) electrons. The molecule has 2 aromatic rings. The molecule has 0 aliphatic carbocycles. The van der Waals surface area contributed by atoms with Crippen molar-refractivity contribution < 1.29 is 0 Å². The van der Waals surface area contributed by atoms with Crippen LogP contribution in [0.25, 0.3) is 0 Å². The van der Waals surface area contributed by atoms with Gasteiger partial charge in [-0.25, -0.2) is 0 Å². The van der Waals surface area contributed by atoms with E-state index in [2.05, 4.69) is 54.6 Å². The van der Waals surface area contributed by atoms with Crippen molar-refractivity contribution in [2.75, 3.05) is 12.3 Å². The van der Waals surface area contributed by atoms with Crippen LogP contribution in [0.5, 0.6) is 0 Å². The van der Waals surface area contributed by atoms with Gasteiger partial charge in [0.05, 0.1) is 5.69 Å². The number of rotatable bonds is 5. The maximum Gasteiger partial charge on any atom is 0.0596 e. The average molecular weight is 301 g/mol. The molecule has 1 aliphatic rings. The van der Waals surface area contributed by atoms with E-state index >= 15 is 0 Å². The fourth-order valence-electron chi connectivity index (χ4n) is 3.22. The lowest BCUT2D eigenvalue weighted by molar-refractivity contribution is 0.452. The maximum atomic E-state index is 4.48. The van der Waals surface area contributed by atoms with Crippen LogP contribution in [0.4, 0.5) is 0 Å². The van der Waals surface area contributed by atoms with Gasteiger partial charge in [0.1, 0.15) is 0 Å². The zero-order chi connectivity index (χ0) is 14.8. The van der Waals surface area contributed by atoms with Crippen molar-refractivity contribution in [2.24, 2.45) is 7.05 Å². The molecule has 0 saturated carbocycles. The summed E-state index contributed by atoms with van der Waals surface area (Å²) >= 11 is 1.99. The van der Waals surface area contributed by atoms with Crippen molar-refractivity contribution in [2.45, 2.75) is 37.1 Å².